The van der Waals surface area contributed by atoms with Gasteiger partial charge in [-0.2, -0.15) is 0 Å². The summed E-state index contributed by atoms with van der Waals surface area (Å²) in [5.41, 5.74) is 1.70. The summed E-state index contributed by atoms with van der Waals surface area (Å²) in [6.45, 7) is 2.35. The van der Waals surface area contributed by atoms with Gasteiger partial charge in [0.05, 0.1) is 13.7 Å². The minimum atomic E-state index is -0.267. The van der Waals surface area contributed by atoms with Gasteiger partial charge in [-0.05, 0) is 38.0 Å². The molecule has 26 heavy (non-hydrogen) atoms. The Morgan fingerprint density at radius 1 is 1.23 bits per heavy atom. The van der Waals surface area contributed by atoms with Gasteiger partial charge >= 0.3 is 0 Å². The Balaban J connectivity index is 1.71. The molecule has 1 aliphatic carbocycles. The molecule has 0 fully saturated rings. The predicted molar refractivity (Wildman–Crippen MR) is 97.9 cm³/mol. The van der Waals surface area contributed by atoms with E-state index in [1.807, 2.05) is 13.0 Å². The van der Waals surface area contributed by atoms with Gasteiger partial charge < -0.3 is 18.9 Å². The zero-order valence-electron chi connectivity index (χ0n) is 15.0. The van der Waals surface area contributed by atoms with Crippen LogP contribution in [0.25, 0.3) is 0 Å². The SMILES string of the molecule is CCOc1cc(C(=O)C2=COC=C(CC3=CC=CCC3)O2)ccc1OC. The number of carbonyl (C=O) groups excluding carboxylic acids is 1. The first-order valence-corrected chi connectivity index (χ1v) is 8.64. The van der Waals surface area contributed by atoms with Gasteiger partial charge in [-0.15, -0.1) is 0 Å². The van der Waals surface area contributed by atoms with E-state index in [0.717, 1.165) is 12.8 Å². The predicted octanol–water partition coefficient (Wildman–Crippen LogP) is 4.67. The van der Waals surface area contributed by atoms with E-state index in [0.29, 0.717) is 35.8 Å². The van der Waals surface area contributed by atoms with Gasteiger partial charge in [0.25, 0.3) is 0 Å². The highest BCUT2D eigenvalue weighted by Crippen LogP contribution is 2.30. The lowest BCUT2D eigenvalue weighted by atomic mass is 10.0. The van der Waals surface area contributed by atoms with Crippen molar-refractivity contribution in [3.8, 4) is 11.5 Å². The van der Waals surface area contributed by atoms with Gasteiger partial charge in [-0.3, -0.25) is 4.79 Å². The molecule has 0 bridgehead atoms. The van der Waals surface area contributed by atoms with Crippen LogP contribution >= 0.6 is 0 Å². The number of hydrogen-bond acceptors (Lipinski definition) is 5. The molecule has 136 valence electrons. The number of carbonyl (C=O) groups is 1. The average Bonchev–Trinajstić information content (AvgIpc) is 2.68. The van der Waals surface area contributed by atoms with Crippen LogP contribution in [0.5, 0.6) is 11.5 Å². The van der Waals surface area contributed by atoms with Crippen molar-refractivity contribution in [2.24, 2.45) is 0 Å². The van der Waals surface area contributed by atoms with E-state index in [-0.39, 0.29) is 11.5 Å². The Morgan fingerprint density at radius 3 is 2.85 bits per heavy atom. The Hall–Kier alpha value is -2.95. The van der Waals surface area contributed by atoms with Crippen molar-refractivity contribution in [1.29, 1.82) is 0 Å². The molecule has 0 N–H and O–H groups in total. The first kappa shape index (κ1) is 17.9. The topological polar surface area (TPSA) is 54.0 Å². The van der Waals surface area contributed by atoms with Crippen LogP contribution in [-0.4, -0.2) is 19.5 Å². The highest BCUT2D eigenvalue weighted by molar-refractivity contribution is 6.07. The average molecular weight is 354 g/mol. The highest BCUT2D eigenvalue weighted by atomic mass is 16.5. The number of ether oxygens (including phenoxy) is 4. The molecule has 5 nitrogen and oxygen atoms in total. The largest absolute Gasteiger partial charge is 0.493 e. The molecule has 0 aromatic heterocycles. The third-order valence-corrected chi connectivity index (χ3v) is 4.07. The fourth-order valence-electron chi connectivity index (χ4n) is 2.79. The Bertz CT molecular complexity index is 799. The summed E-state index contributed by atoms with van der Waals surface area (Å²) in [5, 5.41) is 0. The molecule has 5 heteroatoms. The van der Waals surface area contributed by atoms with Gasteiger partial charge in [0.2, 0.25) is 11.5 Å². The molecule has 0 atom stereocenters. The molecule has 0 amide bonds. The Morgan fingerprint density at radius 2 is 2.12 bits per heavy atom. The molecule has 3 rings (SSSR count). The molecular weight excluding hydrogens is 332 g/mol. The second kappa shape index (κ2) is 8.43. The Kier molecular flexibility index (Phi) is 5.79. The summed E-state index contributed by atoms with van der Waals surface area (Å²) >= 11 is 0. The van der Waals surface area contributed by atoms with E-state index in [4.69, 9.17) is 18.9 Å². The lowest BCUT2D eigenvalue weighted by Gasteiger charge is -2.18. The van der Waals surface area contributed by atoms with Crippen molar-refractivity contribution in [1.82, 2.24) is 0 Å². The molecule has 0 radical (unpaired) electrons. The molecule has 1 aromatic carbocycles. The van der Waals surface area contributed by atoms with Crippen LogP contribution in [0.3, 0.4) is 0 Å². The third kappa shape index (κ3) is 4.17. The maximum Gasteiger partial charge on any atom is 0.231 e. The van der Waals surface area contributed by atoms with Crippen molar-refractivity contribution in [3.63, 3.8) is 0 Å². The fraction of sp³-hybridized carbons (Fsp3) is 0.286. The molecule has 0 unspecified atom stereocenters. The van der Waals surface area contributed by atoms with E-state index in [9.17, 15) is 4.79 Å². The first-order chi connectivity index (χ1) is 12.7. The zero-order valence-corrected chi connectivity index (χ0v) is 15.0. The van der Waals surface area contributed by atoms with Crippen molar-refractivity contribution in [2.45, 2.75) is 26.2 Å². The third-order valence-electron chi connectivity index (χ3n) is 4.07. The molecule has 0 spiro atoms. The van der Waals surface area contributed by atoms with Crippen LogP contribution in [0.1, 0.15) is 36.5 Å². The van der Waals surface area contributed by atoms with Crippen LogP contribution in [0, 0.1) is 0 Å². The molecule has 1 aliphatic heterocycles. The second-order valence-corrected chi connectivity index (χ2v) is 5.90. The van der Waals surface area contributed by atoms with Crippen LogP contribution < -0.4 is 9.47 Å². The lowest BCUT2D eigenvalue weighted by Crippen LogP contribution is -2.11. The monoisotopic (exact) mass is 354 g/mol. The second-order valence-electron chi connectivity index (χ2n) is 5.90. The van der Waals surface area contributed by atoms with Gasteiger partial charge in [0, 0.05) is 12.0 Å². The number of methoxy groups -OCH3 is 1. The molecule has 0 saturated heterocycles. The number of hydrogen-bond donors (Lipinski definition) is 0. The van der Waals surface area contributed by atoms with Gasteiger partial charge in [-0.1, -0.05) is 23.8 Å². The molecular formula is C21H22O5. The number of ketones is 1. The van der Waals surface area contributed by atoms with E-state index in [1.165, 1.54) is 18.1 Å². The van der Waals surface area contributed by atoms with E-state index in [2.05, 4.69) is 12.2 Å². The summed E-state index contributed by atoms with van der Waals surface area (Å²) in [7, 11) is 1.56. The smallest absolute Gasteiger partial charge is 0.231 e. The number of Topliss-reactive ketones (excluding diaryl/α,β-unsaturated/α-hetero) is 1. The summed E-state index contributed by atoms with van der Waals surface area (Å²) in [6.07, 6.45) is 11.7. The Labute approximate surface area is 153 Å². The van der Waals surface area contributed by atoms with Crippen LogP contribution in [0.15, 0.2) is 66.0 Å². The normalized spacial score (nSPS) is 15.8. The van der Waals surface area contributed by atoms with Crippen molar-refractivity contribution in [2.75, 3.05) is 13.7 Å². The minimum Gasteiger partial charge on any atom is -0.493 e. The van der Waals surface area contributed by atoms with Crippen LogP contribution in [0.2, 0.25) is 0 Å². The highest BCUT2D eigenvalue weighted by Gasteiger charge is 2.21. The molecule has 1 heterocycles. The number of rotatable bonds is 7. The summed E-state index contributed by atoms with van der Waals surface area (Å²) in [5.74, 6) is 1.61. The number of benzene rings is 1. The summed E-state index contributed by atoms with van der Waals surface area (Å²) in [4.78, 5) is 12.8. The zero-order chi connectivity index (χ0) is 18.4. The summed E-state index contributed by atoms with van der Waals surface area (Å²) < 4.78 is 21.9. The number of allylic oxidation sites excluding steroid dienone is 5. The maximum atomic E-state index is 12.8. The first-order valence-electron chi connectivity index (χ1n) is 8.64. The van der Waals surface area contributed by atoms with Crippen molar-refractivity contribution in [3.05, 3.63) is 71.6 Å². The fourth-order valence-corrected chi connectivity index (χ4v) is 2.79. The standard InChI is InChI=1S/C21H22O5/c1-3-25-19-12-16(9-10-18(19)23-2)21(22)20-14-24-13-17(26-20)11-15-7-5-4-6-8-15/h4-5,7,9-10,12-14H,3,6,8,11H2,1-2H3. The van der Waals surface area contributed by atoms with Gasteiger partial charge in [-0.25, -0.2) is 0 Å². The minimum absolute atomic E-state index is 0.155. The van der Waals surface area contributed by atoms with Crippen LogP contribution in [-0.2, 0) is 9.47 Å². The van der Waals surface area contributed by atoms with Gasteiger partial charge in [0.1, 0.15) is 18.3 Å². The van der Waals surface area contributed by atoms with Crippen molar-refractivity contribution < 1.29 is 23.7 Å². The van der Waals surface area contributed by atoms with E-state index in [1.54, 1.807) is 25.3 Å². The van der Waals surface area contributed by atoms with E-state index >= 15 is 0 Å². The lowest BCUT2D eigenvalue weighted by molar-refractivity contribution is 0.0925. The molecule has 0 saturated carbocycles. The maximum absolute atomic E-state index is 12.8. The molecule has 1 aromatic rings. The summed E-state index contributed by atoms with van der Waals surface area (Å²) in [6, 6.07) is 5.04. The molecule has 2 aliphatic rings. The van der Waals surface area contributed by atoms with E-state index < -0.39 is 0 Å². The van der Waals surface area contributed by atoms with Crippen LogP contribution in [0.4, 0.5) is 0 Å². The quantitative estimate of drug-likeness (QED) is 0.666. The van der Waals surface area contributed by atoms with Gasteiger partial charge in [0.15, 0.2) is 11.5 Å². The van der Waals surface area contributed by atoms with Crippen molar-refractivity contribution >= 4 is 5.78 Å².